The summed E-state index contributed by atoms with van der Waals surface area (Å²) in [5, 5.41) is 17.1. The maximum Gasteiger partial charge on any atom is 0.407 e. The number of hydrogen-bond donors (Lipinski definition) is 2. The highest BCUT2D eigenvalue weighted by molar-refractivity contribution is 5.79. The normalized spacial score (nSPS) is 22.8. The van der Waals surface area contributed by atoms with Crippen LogP contribution in [0.5, 0.6) is 0 Å². The Morgan fingerprint density at radius 1 is 1.11 bits per heavy atom. The molecule has 3 atom stereocenters. The molecule has 6 nitrogen and oxygen atoms in total. The van der Waals surface area contributed by atoms with E-state index in [1.54, 1.807) is 23.1 Å². The van der Waals surface area contributed by atoms with Crippen LogP contribution < -0.4 is 5.32 Å². The molecule has 142 valence electrons. The van der Waals surface area contributed by atoms with E-state index in [0.717, 1.165) is 0 Å². The Balaban J connectivity index is 1.26. The molecule has 0 aliphatic heterocycles. The monoisotopic (exact) mass is 375 g/mol. The van der Waals surface area contributed by atoms with Gasteiger partial charge in [-0.15, -0.1) is 0 Å². The molecule has 2 aliphatic carbocycles. The number of alkyl carbamates (subject to hydrolysis) is 1. The second kappa shape index (κ2) is 6.80. The molecule has 1 fully saturated rings. The topological polar surface area (TPSA) is 76.4 Å². The summed E-state index contributed by atoms with van der Waals surface area (Å²) < 4.78 is 7.27. The van der Waals surface area contributed by atoms with Gasteiger partial charge in [0.15, 0.2) is 0 Å². The van der Waals surface area contributed by atoms with Crippen LogP contribution in [0.15, 0.2) is 67.0 Å². The third-order valence-corrected chi connectivity index (χ3v) is 5.78. The second-order valence-electron chi connectivity index (χ2n) is 7.36. The average molecular weight is 375 g/mol. The molecule has 2 aromatic carbocycles. The Morgan fingerprint density at radius 2 is 1.79 bits per heavy atom. The highest BCUT2D eigenvalue weighted by atomic mass is 16.5. The van der Waals surface area contributed by atoms with Gasteiger partial charge in [0.2, 0.25) is 0 Å². The van der Waals surface area contributed by atoms with Crippen molar-refractivity contribution >= 4 is 6.09 Å². The Morgan fingerprint density at radius 3 is 2.39 bits per heavy atom. The third-order valence-electron chi connectivity index (χ3n) is 5.78. The van der Waals surface area contributed by atoms with Crippen molar-refractivity contribution in [2.24, 2.45) is 0 Å². The summed E-state index contributed by atoms with van der Waals surface area (Å²) in [5.41, 5.74) is 4.77. The zero-order chi connectivity index (χ0) is 19.1. The number of amides is 1. The van der Waals surface area contributed by atoms with E-state index in [-0.39, 0.29) is 24.6 Å². The van der Waals surface area contributed by atoms with Gasteiger partial charge in [0.1, 0.15) is 6.61 Å². The van der Waals surface area contributed by atoms with Crippen molar-refractivity contribution in [2.45, 2.75) is 30.5 Å². The quantitative estimate of drug-likeness (QED) is 0.735. The van der Waals surface area contributed by atoms with Crippen LogP contribution >= 0.6 is 0 Å². The zero-order valence-corrected chi connectivity index (χ0v) is 15.2. The highest BCUT2D eigenvalue weighted by Gasteiger charge is 2.43. The number of ether oxygens (including phenoxy) is 1. The highest BCUT2D eigenvalue weighted by Crippen LogP contribution is 2.44. The summed E-state index contributed by atoms with van der Waals surface area (Å²) in [7, 11) is 0. The van der Waals surface area contributed by atoms with Gasteiger partial charge in [-0.05, 0) is 34.7 Å². The van der Waals surface area contributed by atoms with Crippen LogP contribution in [0.3, 0.4) is 0 Å². The third kappa shape index (κ3) is 2.77. The minimum atomic E-state index is -0.515. The van der Waals surface area contributed by atoms with Gasteiger partial charge in [0.25, 0.3) is 0 Å². The lowest BCUT2D eigenvalue weighted by Gasteiger charge is -2.41. The number of aromatic nitrogens is 2. The van der Waals surface area contributed by atoms with E-state index in [9.17, 15) is 9.90 Å². The Labute approximate surface area is 162 Å². The summed E-state index contributed by atoms with van der Waals surface area (Å²) in [6.07, 6.45) is 2.97. The fourth-order valence-electron chi connectivity index (χ4n) is 4.36. The Kier molecular flexibility index (Phi) is 4.13. The summed E-state index contributed by atoms with van der Waals surface area (Å²) >= 11 is 0. The zero-order valence-electron chi connectivity index (χ0n) is 15.2. The summed E-state index contributed by atoms with van der Waals surface area (Å²) in [5.74, 6) is 0.0343. The molecule has 1 aromatic heterocycles. The van der Waals surface area contributed by atoms with Gasteiger partial charge < -0.3 is 15.2 Å². The average Bonchev–Trinajstić information content (AvgIpc) is 3.32. The molecule has 0 radical (unpaired) electrons. The van der Waals surface area contributed by atoms with Crippen molar-refractivity contribution in [3.05, 3.63) is 78.1 Å². The number of aliphatic hydroxyl groups is 1. The molecule has 6 heteroatoms. The van der Waals surface area contributed by atoms with Crippen LogP contribution in [-0.4, -0.2) is 39.7 Å². The maximum absolute atomic E-state index is 12.4. The van der Waals surface area contributed by atoms with Crippen LogP contribution in [0.25, 0.3) is 11.1 Å². The van der Waals surface area contributed by atoms with Crippen LogP contribution in [0.1, 0.15) is 29.5 Å². The molecule has 1 heterocycles. The minimum absolute atomic E-state index is 0.0343. The SMILES string of the molecule is O=C(N[C@H]1C[C@@H](O)[C@@H]1n1cccn1)OCC1c2ccccc2-c2ccccc21. The van der Waals surface area contributed by atoms with Crippen molar-refractivity contribution in [3.8, 4) is 11.1 Å². The molecule has 0 saturated heterocycles. The van der Waals surface area contributed by atoms with E-state index < -0.39 is 12.2 Å². The first kappa shape index (κ1) is 17.0. The molecule has 0 bridgehead atoms. The van der Waals surface area contributed by atoms with Crippen LogP contribution in [-0.2, 0) is 4.74 Å². The number of benzene rings is 2. The molecule has 2 N–H and O–H groups in total. The van der Waals surface area contributed by atoms with Crippen LogP contribution in [0.2, 0.25) is 0 Å². The molecule has 1 amide bonds. The smallest absolute Gasteiger partial charge is 0.407 e. The number of nitrogens with one attached hydrogen (secondary N) is 1. The van der Waals surface area contributed by atoms with Gasteiger partial charge in [-0.25, -0.2) is 4.79 Å². The standard InChI is InChI=1S/C22H21N3O3/c26-20-12-19(21(20)25-11-5-10-23-25)24-22(27)28-13-18-16-8-3-1-6-14(16)15-7-2-4-9-17(15)18/h1-11,18-21,26H,12-13H2,(H,24,27)/t19-,20+,21+/m0/s1. The first-order valence-corrected chi connectivity index (χ1v) is 9.51. The van der Waals surface area contributed by atoms with E-state index >= 15 is 0 Å². The van der Waals surface area contributed by atoms with Crippen molar-refractivity contribution in [1.29, 1.82) is 0 Å². The molecule has 28 heavy (non-hydrogen) atoms. The fourth-order valence-corrected chi connectivity index (χ4v) is 4.36. The second-order valence-corrected chi connectivity index (χ2v) is 7.36. The number of aliphatic hydroxyl groups excluding tert-OH is 1. The number of hydrogen-bond acceptors (Lipinski definition) is 4. The molecule has 0 spiro atoms. The first-order chi connectivity index (χ1) is 13.7. The van der Waals surface area contributed by atoms with Crippen molar-refractivity contribution < 1.29 is 14.6 Å². The maximum atomic E-state index is 12.4. The van der Waals surface area contributed by atoms with E-state index in [0.29, 0.717) is 6.42 Å². The van der Waals surface area contributed by atoms with E-state index in [4.69, 9.17) is 4.74 Å². The lowest BCUT2D eigenvalue weighted by molar-refractivity contribution is -0.00763. The molecule has 1 saturated carbocycles. The molecule has 3 aromatic rings. The van der Waals surface area contributed by atoms with Crippen LogP contribution in [0.4, 0.5) is 4.79 Å². The van der Waals surface area contributed by atoms with Crippen molar-refractivity contribution in [3.63, 3.8) is 0 Å². The van der Waals surface area contributed by atoms with Gasteiger partial charge in [-0.2, -0.15) is 5.10 Å². The number of fused-ring (bicyclic) bond motifs is 3. The molecular formula is C22H21N3O3. The molecule has 5 rings (SSSR count). The van der Waals surface area contributed by atoms with Crippen molar-refractivity contribution in [2.75, 3.05) is 6.61 Å². The van der Waals surface area contributed by atoms with Crippen LogP contribution in [0, 0.1) is 0 Å². The minimum Gasteiger partial charge on any atom is -0.449 e. The largest absolute Gasteiger partial charge is 0.449 e. The van der Waals surface area contributed by atoms with Gasteiger partial charge in [0.05, 0.1) is 18.2 Å². The summed E-state index contributed by atoms with van der Waals surface area (Å²) in [6, 6.07) is 17.9. The molecule has 0 unspecified atom stereocenters. The summed E-state index contributed by atoms with van der Waals surface area (Å²) in [6.45, 7) is 0.279. The van der Waals surface area contributed by atoms with E-state index in [2.05, 4.69) is 34.7 Å². The number of nitrogens with zero attached hydrogens (tertiary/aromatic N) is 2. The van der Waals surface area contributed by atoms with E-state index in [1.807, 2.05) is 24.3 Å². The molecular weight excluding hydrogens is 354 g/mol. The lowest BCUT2D eigenvalue weighted by Crippen LogP contribution is -2.56. The number of rotatable bonds is 4. The van der Waals surface area contributed by atoms with Crippen molar-refractivity contribution in [1.82, 2.24) is 15.1 Å². The summed E-state index contributed by atoms with van der Waals surface area (Å²) in [4.78, 5) is 12.4. The van der Waals surface area contributed by atoms with Gasteiger partial charge >= 0.3 is 6.09 Å². The number of carbonyl (C=O) groups excluding carboxylic acids is 1. The van der Waals surface area contributed by atoms with Gasteiger partial charge in [-0.3, -0.25) is 4.68 Å². The number of carbonyl (C=O) groups is 1. The predicted molar refractivity (Wildman–Crippen MR) is 104 cm³/mol. The fraction of sp³-hybridized carbons (Fsp3) is 0.273. The Bertz CT molecular complexity index is 956. The van der Waals surface area contributed by atoms with Gasteiger partial charge in [0, 0.05) is 18.3 Å². The Hall–Kier alpha value is -3.12. The first-order valence-electron chi connectivity index (χ1n) is 9.51. The predicted octanol–water partition coefficient (Wildman–Crippen LogP) is 3.10. The lowest BCUT2D eigenvalue weighted by atomic mass is 9.83. The van der Waals surface area contributed by atoms with Gasteiger partial charge in [-0.1, -0.05) is 48.5 Å². The van der Waals surface area contributed by atoms with E-state index in [1.165, 1.54) is 22.3 Å². The molecule has 2 aliphatic rings.